The van der Waals surface area contributed by atoms with Gasteiger partial charge in [-0.2, -0.15) is 4.98 Å². The normalized spacial score (nSPS) is 11.3. The highest BCUT2D eigenvalue weighted by Crippen LogP contribution is 2.33. The average Bonchev–Trinajstić information content (AvgIpc) is 3.08. The van der Waals surface area contributed by atoms with E-state index >= 15 is 0 Å². The summed E-state index contributed by atoms with van der Waals surface area (Å²) < 4.78 is 16.7. The van der Waals surface area contributed by atoms with Crippen molar-refractivity contribution in [1.82, 2.24) is 10.1 Å². The minimum atomic E-state index is 0.0377. The van der Waals surface area contributed by atoms with Gasteiger partial charge in [0.1, 0.15) is 11.5 Å². The van der Waals surface area contributed by atoms with Gasteiger partial charge in [0.2, 0.25) is 5.82 Å². The highest BCUT2D eigenvalue weighted by Gasteiger charge is 2.15. The molecule has 0 unspecified atom stereocenters. The Labute approximate surface area is 168 Å². The summed E-state index contributed by atoms with van der Waals surface area (Å²) in [4.78, 5) is 4.44. The van der Waals surface area contributed by atoms with E-state index in [1.54, 1.807) is 24.3 Å². The molecular weight excluding hydrogens is 387 g/mol. The van der Waals surface area contributed by atoms with Gasteiger partial charge in [0, 0.05) is 11.1 Å². The van der Waals surface area contributed by atoms with Gasteiger partial charge in [0.25, 0.3) is 5.89 Å². The van der Waals surface area contributed by atoms with Gasteiger partial charge in [-0.1, -0.05) is 28.4 Å². The van der Waals surface area contributed by atoms with Gasteiger partial charge in [0.15, 0.2) is 0 Å². The summed E-state index contributed by atoms with van der Waals surface area (Å²) >= 11 is 12.6. The molecule has 27 heavy (non-hydrogen) atoms. The number of benzene rings is 2. The topological polar surface area (TPSA) is 57.4 Å². The molecule has 0 atom stereocenters. The van der Waals surface area contributed by atoms with Crippen LogP contribution in [0.4, 0.5) is 0 Å². The number of hydrogen-bond acceptors (Lipinski definition) is 5. The second kappa shape index (κ2) is 8.19. The molecule has 0 aliphatic heterocycles. The van der Waals surface area contributed by atoms with Crippen molar-refractivity contribution in [2.45, 2.75) is 39.9 Å². The smallest absolute Gasteiger partial charge is 0.258 e. The van der Waals surface area contributed by atoms with Crippen LogP contribution in [0.5, 0.6) is 11.5 Å². The second-order valence-electron chi connectivity index (χ2n) is 6.55. The Hall–Kier alpha value is -2.24. The van der Waals surface area contributed by atoms with Crippen LogP contribution in [0.3, 0.4) is 0 Å². The standard InChI is InChI=1S/C20H20Cl2N2O3/c1-11(2)25-17-7-5-13(9-15(17)21)19-23-20(27-24-19)14-6-8-18(16(22)10-14)26-12(3)4/h5-12H,1-4H3. The molecule has 7 heteroatoms. The zero-order valence-electron chi connectivity index (χ0n) is 15.5. The molecular formula is C20H20Cl2N2O3. The SMILES string of the molecule is CC(C)Oc1ccc(-c2noc(-c3ccc(OC(C)C)c(Cl)c3)n2)cc1Cl. The molecule has 0 fully saturated rings. The summed E-state index contributed by atoms with van der Waals surface area (Å²) in [5.41, 5.74) is 1.44. The maximum absolute atomic E-state index is 6.28. The van der Waals surface area contributed by atoms with E-state index in [1.165, 1.54) is 0 Å². The Morgan fingerprint density at radius 3 is 1.85 bits per heavy atom. The quantitative estimate of drug-likeness (QED) is 0.481. The van der Waals surface area contributed by atoms with Gasteiger partial charge in [-0.3, -0.25) is 0 Å². The molecule has 0 N–H and O–H groups in total. The largest absolute Gasteiger partial charge is 0.489 e. The number of aromatic nitrogens is 2. The van der Waals surface area contributed by atoms with E-state index in [0.29, 0.717) is 38.8 Å². The summed E-state index contributed by atoms with van der Waals surface area (Å²) in [5.74, 6) is 2.03. The summed E-state index contributed by atoms with van der Waals surface area (Å²) in [6.45, 7) is 7.77. The maximum Gasteiger partial charge on any atom is 0.258 e. The van der Waals surface area contributed by atoms with E-state index in [1.807, 2.05) is 39.8 Å². The van der Waals surface area contributed by atoms with Crippen LogP contribution < -0.4 is 9.47 Å². The zero-order chi connectivity index (χ0) is 19.6. The van der Waals surface area contributed by atoms with Crippen molar-refractivity contribution in [1.29, 1.82) is 0 Å². The van der Waals surface area contributed by atoms with Crippen molar-refractivity contribution >= 4 is 23.2 Å². The summed E-state index contributed by atoms with van der Waals surface area (Å²) in [6, 6.07) is 10.7. The van der Waals surface area contributed by atoms with Gasteiger partial charge in [-0.25, -0.2) is 0 Å². The molecule has 2 aromatic carbocycles. The molecule has 0 saturated heterocycles. The van der Waals surface area contributed by atoms with Crippen molar-refractivity contribution in [2.75, 3.05) is 0 Å². The first-order chi connectivity index (χ1) is 12.8. The number of nitrogens with zero attached hydrogens (tertiary/aromatic N) is 2. The van der Waals surface area contributed by atoms with Crippen LogP contribution in [0.1, 0.15) is 27.7 Å². The average molecular weight is 407 g/mol. The van der Waals surface area contributed by atoms with Gasteiger partial charge < -0.3 is 14.0 Å². The number of hydrogen-bond donors (Lipinski definition) is 0. The first-order valence-corrected chi connectivity index (χ1v) is 9.36. The minimum absolute atomic E-state index is 0.0377. The molecule has 0 saturated carbocycles. The number of ether oxygens (including phenoxy) is 2. The van der Waals surface area contributed by atoms with E-state index < -0.39 is 0 Å². The van der Waals surface area contributed by atoms with Crippen molar-refractivity contribution in [2.24, 2.45) is 0 Å². The third-order valence-corrected chi connectivity index (χ3v) is 4.11. The molecule has 1 heterocycles. The Morgan fingerprint density at radius 1 is 0.815 bits per heavy atom. The first kappa shape index (κ1) is 19.5. The molecule has 3 rings (SSSR count). The van der Waals surface area contributed by atoms with E-state index in [9.17, 15) is 0 Å². The third-order valence-electron chi connectivity index (χ3n) is 3.52. The lowest BCUT2D eigenvalue weighted by Crippen LogP contribution is -2.05. The highest BCUT2D eigenvalue weighted by atomic mass is 35.5. The van der Waals surface area contributed by atoms with Crippen molar-refractivity contribution in [3.63, 3.8) is 0 Å². The first-order valence-electron chi connectivity index (χ1n) is 8.60. The van der Waals surface area contributed by atoms with Crippen molar-refractivity contribution in [3.8, 4) is 34.3 Å². The van der Waals surface area contributed by atoms with Crippen LogP contribution in [0, 0.1) is 0 Å². The Kier molecular flexibility index (Phi) is 5.92. The molecule has 142 valence electrons. The third kappa shape index (κ3) is 4.73. The van der Waals surface area contributed by atoms with E-state index in [4.69, 9.17) is 37.2 Å². The number of rotatable bonds is 6. The van der Waals surface area contributed by atoms with E-state index in [2.05, 4.69) is 10.1 Å². The summed E-state index contributed by atoms with van der Waals surface area (Å²) in [5, 5.41) is 5.01. The molecule has 5 nitrogen and oxygen atoms in total. The fourth-order valence-electron chi connectivity index (χ4n) is 2.43. The number of halogens is 2. The second-order valence-corrected chi connectivity index (χ2v) is 7.36. The lowest BCUT2D eigenvalue weighted by molar-refractivity contribution is 0.242. The molecule has 1 aromatic heterocycles. The fraction of sp³-hybridized carbons (Fsp3) is 0.300. The van der Waals surface area contributed by atoms with Crippen LogP contribution in [0.25, 0.3) is 22.8 Å². The summed E-state index contributed by atoms with van der Waals surface area (Å²) in [7, 11) is 0. The Balaban J connectivity index is 1.85. The van der Waals surface area contributed by atoms with Crippen LogP contribution in [0.2, 0.25) is 10.0 Å². The van der Waals surface area contributed by atoms with E-state index in [0.717, 1.165) is 5.56 Å². The molecule has 0 amide bonds. The van der Waals surface area contributed by atoms with Crippen LogP contribution in [-0.2, 0) is 0 Å². The molecule has 0 aliphatic rings. The predicted molar refractivity (Wildman–Crippen MR) is 107 cm³/mol. The monoisotopic (exact) mass is 406 g/mol. The molecule has 0 spiro atoms. The van der Waals surface area contributed by atoms with Crippen molar-refractivity contribution in [3.05, 3.63) is 46.4 Å². The minimum Gasteiger partial charge on any atom is -0.489 e. The Bertz CT molecular complexity index is 865. The lowest BCUT2D eigenvalue weighted by atomic mass is 10.2. The van der Waals surface area contributed by atoms with Gasteiger partial charge in [0.05, 0.1) is 22.3 Å². The molecule has 0 aliphatic carbocycles. The maximum atomic E-state index is 6.28. The summed E-state index contributed by atoms with van der Waals surface area (Å²) in [6.07, 6.45) is 0.0771. The van der Waals surface area contributed by atoms with Crippen LogP contribution >= 0.6 is 23.2 Å². The predicted octanol–water partition coefficient (Wildman–Crippen LogP) is 6.28. The molecule has 0 bridgehead atoms. The van der Waals surface area contributed by atoms with Gasteiger partial charge >= 0.3 is 0 Å². The zero-order valence-corrected chi connectivity index (χ0v) is 17.0. The van der Waals surface area contributed by atoms with Crippen LogP contribution in [-0.4, -0.2) is 22.3 Å². The van der Waals surface area contributed by atoms with Gasteiger partial charge in [-0.05, 0) is 64.1 Å². The van der Waals surface area contributed by atoms with Gasteiger partial charge in [-0.15, -0.1) is 0 Å². The Morgan fingerprint density at radius 2 is 1.33 bits per heavy atom. The fourth-order valence-corrected chi connectivity index (χ4v) is 2.88. The van der Waals surface area contributed by atoms with Crippen LogP contribution in [0.15, 0.2) is 40.9 Å². The lowest BCUT2D eigenvalue weighted by Gasteiger charge is -2.11. The molecule has 3 aromatic rings. The molecule has 0 radical (unpaired) electrons. The highest BCUT2D eigenvalue weighted by molar-refractivity contribution is 6.32. The van der Waals surface area contributed by atoms with Crippen molar-refractivity contribution < 1.29 is 14.0 Å². The van der Waals surface area contributed by atoms with E-state index in [-0.39, 0.29) is 12.2 Å².